The molecule has 53 heavy (non-hydrogen) atoms. The van der Waals surface area contributed by atoms with Crippen LogP contribution in [0.3, 0.4) is 0 Å². The summed E-state index contributed by atoms with van der Waals surface area (Å²) in [6.07, 6.45) is 4.90. The van der Waals surface area contributed by atoms with Gasteiger partial charge in [-0.15, -0.1) is 0 Å². The Kier molecular flexibility index (Phi) is 10.9. The van der Waals surface area contributed by atoms with Crippen LogP contribution in [-0.4, -0.2) is 59.2 Å². The number of nitrogens with zero attached hydrogens (tertiary/aromatic N) is 2. The molecule has 0 bridgehead atoms. The first kappa shape index (κ1) is 37.1. The molecule has 0 amide bonds. The first-order chi connectivity index (χ1) is 25.6. The predicted molar refractivity (Wildman–Crippen MR) is 205 cm³/mol. The summed E-state index contributed by atoms with van der Waals surface area (Å²) in [4.78, 5) is 14.2. The van der Waals surface area contributed by atoms with Crippen LogP contribution in [0, 0.1) is 11.8 Å². The molecule has 7 rings (SSSR count). The van der Waals surface area contributed by atoms with Gasteiger partial charge in [-0.2, -0.15) is 4.31 Å². The Morgan fingerprint density at radius 3 is 2.17 bits per heavy atom. The third kappa shape index (κ3) is 8.00. The lowest BCUT2D eigenvalue weighted by Gasteiger charge is -2.44. The van der Waals surface area contributed by atoms with Crippen molar-refractivity contribution in [2.45, 2.75) is 62.4 Å². The summed E-state index contributed by atoms with van der Waals surface area (Å²) < 4.78 is 54.0. The molecule has 3 atom stereocenters. The van der Waals surface area contributed by atoms with Crippen LogP contribution in [0.1, 0.15) is 54.9 Å². The number of carbonyl (C=O) groups excluding carboxylic acids is 1. The second-order valence-electron chi connectivity index (χ2n) is 14.6. The molecular formula is C42H47ClN2O7S. The summed E-state index contributed by atoms with van der Waals surface area (Å²) in [6, 6.07) is 26.4. The molecule has 1 saturated carbocycles. The van der Waals surface area contributed by atoms with Gasteiger partial charge in [0.1, 0.15) is 17.2 Å². The van der Waals surface area contributed by atoms with Crippen LogP contribution in [0.2, 0.25) is 5.02 Å². The molecule has 2 aliphatic carbocycles. The number of methoxy groups -OCH3 is 2. The molecule has 0 N–H and O–H groups in total. The van der Waals surface area contributed by atoms with Gasteiger partial charge in [0.15, 0.2) is 0 Å². The van der Waals surface area contributed by atoms with E-state index < -0.39 is 10.0 Å². The number of aryl methyl sites for hydroxylation is 1. The van der Waals surface area contributed by atoms with E-state index in [0.29, 0.717) is 43.6 Å². The average molecular weight is 759 g/mol. The molecule has 0 saturated heterocycles. The first-order valence-corrected chi connectivity index (χ1v) is 20.1. The molecule has 1 spiro atoms. The molecule has 1 heterocycles. The van der Waals surface area contributed by atoms with E-state index in [0.717, 1.165) is 53.9 Å². The van der Waals surface area contributed by atoms with Crippen LogP contribution in [-0.2, 0) is 44.5 Å². The predicted octanol–water partition coefficient (Wildman–Crippen LogP) is 7.81. The zero-order chi connectivity index (χ0) is 37.2. The van der Waals surface area contributed by atoms with Gasteiger partial charge in [0.2, 0.25) is 10.0 Å². The molecule has 280 valence electrons. The molecule has 4 aromatic rings. The Morgan fingerprint density at radius 1 is 0.906 bits per heavy atom. The summed E-state index contributed by atoms with van der Waals surface area (Å²) in [7, 11) is -0.802. The summed E-state index contributed by atoms with van der Waals surface area (Å²) in [5.41, 5.74) is 4.62. The maximum absolute atomic E-state index is 14.8. The SMILES string of the molecule is COc1ccc(CN(Cc2ccc(OC)cc2)S(=O)(=O)c2ccc3c(c2)N(C[C@@H]2CCC2COC(C)=O)C[C@@]2(CCCc4cc(Cl)ccc42)CO3)cc1. The minimum Gasteiger partial charge on any atom is -0.497 e. The van der Waals surface area contributed by atoms with Gasteiger partial charge >= 0.3 is 5.97 Å². The van der Waals surface area contributed by atoms with Crippen molar-refractivity contribution in [2.24, 2.45) is 11.8 Å². The van der Waals surface area contributed by atoms with E-state index in [1.165, 1.54) is 22.4 Å². The molecule has 1 aliphatic heterocycles. The van der Waals surface area contributed by atoms with E-state index in [9.17, 15) is 13.2 Å². The van der Waals surface area contributed by atoms with Gasteiger partial charge in [-0.1, -0.05) is 41.9 Å². The highest BCUT2D eigenvalue weighted by atomic mass is 35.5. The van der Waals surface area contributed by atoms with E-state index in [2.05, 4.69) is 17.0 Å². The Morgan fingerprint density at radius 2 is 1.57 bits per heavy atom. The van der Waals surface area contributed by atoms with Gasteiger partial charge in [-0.05, 0) is 121 Å². The summed E-state index contributed by atoms with van der Waals surface area (Å²) in [5, 5.41) is 0.724. The van der Waals surface area contributed by atoms with Crippen LogP contribution in [0.25, 0.3) is 0 Å². The van der Waals surface area contributed by atoms with Crippen LogP contribution in [0.4, 0.5) is 5.69 Å². The topological polar surface area (TPSA) is 94.6 Å². The van der Waals surface area contributed by atoms with Gasteiger partial charge in [0.25, 0.3) is 0 Å². The van der Waals surface area contributed by atoms with Crippen molar-refractivity contribution in [1.29, 1.82) is 0 Å². The van der Waals surface area contributed by atoms with Crippen molar-refractivity contribution in [3.63, 3.8) is 0 Å². The lowest BCUT2D eigenvalue weighted by molar-refractivity contribution is -0.144. The summed E-state index contributed by atoms with van der Waals surface area (Å²) in [6.45, 7) is 4.00. The zero-order valence-electron chi connectivity index (χ0n) is 30.6. The van der Waals surface area contributed by atoms with E-state index in [-0.39, 0.29) is 41.2 Å². The largest absolute Gasteiger partial charge is 0.497 e. The van der Waals surface area contributed by atoms with Crippen LogP contribution in [0.15, 0.2) is 89.8 Å². The molecule has 11 heteroatoms. The molecule has 9 nitrogen and oxygen atoms in total. The van der Waals surface area contributed by atoms with E-state index >= 15 is 0 Å². The number of benzene rings is 4. The number of sulfonamides is 1. The number of halogens is 1. The highest BCUT2D eigenvalue weighted by Gasteiger charge is 2.44. The molecule has 1 fully saturated rings. The smallest absolute Gasteiger partial charge is 0.302 e. The van der Waals surface area contributed by atoms with Crippen molar-refractivity contribution < 1.29 is 32.2 Å². The average Bonchev–Trinajstić information content (AvgIpc) is 3.30. The van der Waals surface area contributed by atoms with Crippen LogP contribution >= 0.6 is 11.6 Å². The highest BCUT2D eigenvalue weighted by Crippen LogP contribution is 2.47. The second kappa shape index (κ2) is 15.6. The van der Waals surface area contributed by atoms with Gasteiger partial charge in [0.05, 0.1) is 38.0 Å². The number of hydrogen-bond donors (Lipinski definition) is 0. The van der Waals surface area contributed by atoms with Crippen LogP contribution < -0.4 is 19.1 Å². The fourth-order valence-corrected chi connectivity index (χ4v) is 9.74. The van der Waals surface area contributed by atoms with Crippen molar-refractivity contribution >= 4 is 33.3 Å². The van der Waals surface area contributed by atoms with E-state index in [1.807, 2.05) is 60.7 Å². The number of carbonyl (C=O) groups is 1. The maximum atomic E-state index is 14.8. The lowest BCUT2D eigenvalue weighted by Crippen LogP contribution is -2.48. The van der Waals surface area contributed by atoms with Gasteiger partial charge in [0, 0.05) is 43.5 Å². The van der Waals surface area contributed by atoms with Gasteiger partial charge in [-0.25, -0.2) is 8.42 Å². The number of esters is 1. The van der Waals surface area contributed by atoms with Gasteiger partial charge < -0.3 is 23.8 Å². The summed E-state index contributed by atoms with van der Waals surface area (Å²) >= 11 is 6.47. The zero-order valence-corrected chi connectivity index (χ0v) is 32.1. The minimum atomic E-state index is -4.02. The quantitative estimate of drug-likeness (QED) is 0.135. The normalized spacial score (nSPS) is 20.8. The second-order valence-corrected chi connectivity index (χ2v) is 17.0. The van der Waals surface area contributed by atoms with Crippen LogP contribution in [0.5, 0.6) is 17.2 Å². The Bertz CT molecular complexity index is 1990. The minimum absolute atomic E-state index is 0.165. The fourth-order valence-electron chi connectivity index (χ4n) is 8.10. The standard InChI is InChI=1S/C42H47ClN2O7S/c1-29(46)51-26-34-11-10-33(34)25-44-27-42(20-4-5-32-21-35(43)12-18-39(32)42)28-52-41-19-17-38(22-40(41)44)53(47,48)45(23-30-6-13-36(49-2)14-7-30)24-31-8-15-37(50-3)16-9-31/h6-9,12-19,21-22,33-34H,4-5,10-11,20,23-28H2,1-3H3/t33-,34?,42-/m0/s1. The third-order valence-electron chi connectivity index (χ3n) is 11.2. The Labute approximate surface area is 317 Å². The number of ether oxygens (including phenoxy) is 4. The summed E-state index contributed by atoms with van der Waals surface area (Å²) in [5.74, 6) is 2.32. The lowest BCUT2D eigenvalue weighted by atomic mass is 9.69. The Balaban J connectivity index is 1.26. The number of rotatable bonds is 12. The monoisotopic (exact) mass is 758 g/mol. The molecule has 3 aliphatic rings. The first-order valence-electron chi connectivity index (χ1n) is 18.3. The van der Waals surface area contributed by atoms with Crippen molar-refractivity contribution in [3.05, 3.63) is 112 Å². The Hall–Kier alpha value is -4.25. The van der Waals surface area contributed by atoms with Crippen molar-refractivity contribution in [1.82, 2.24) is 4.31 Å². The molecule has 4 aromatic carbocycles. The van der Waals surface area contributed by atoms with Crippen molar-refractivity contribution in [2.75, 3.05) is 45.4 Å². The third-order valence-corrected chi connectivity index (χ3v) is 13.2. The van der Waals surface area contributed by atoms with Crippen molar-refractivity contribution in [3.8, 4) is 17.2 Å². The molecule has 0 radical (unpaired) electrons. The fraction of sp³-hybridized carbons (Fsp3) is 0.405. The number of anilines is 1. The number of hydrogen-bond acceptors (Lipinski definition) is 8. The molecular weight excluding hydrogens is 712 g/mol. The number of fused-ring (bicyclic) bond motifs is 3. The van der Waals surface area contributed by atoms with Gasteiger partial charge in [-0.3, -0.25) is 4.79 Å². The van der Waals surface area contributed by atoms with E-state index in [1.54, 1.807) is 26.4 Å². The highest BCUT2D eigenvalue weighted by molar-refractivity contribution is 7.89. The molecule has 0 aromatic heterocycles. The molecule has 1 unspecified atom stereocenters. The maximum Gasteiger partial charge on any atom is 0.302 e. The van der Waals surface area contributed by atoms with E-state index in [4.69, 9.17) is 30.5 Å².